The van der Waals surface area contributed by atoms with Crippen LogP contribution in [0.3, 0.4) is 0 Å². The first-order valence-electron chi connectivity index (χ1n) is 24.5. The lowest BCUT2D eigenvalue weighted by Crippen LogP contribution is -2.47. The van der Waals surface area contributed by atoms with E-state index in [1.165, 1.54) is 116 Å². The van der Waals surface area contributed by atoms with Crippen LogP contribution in [0.2, 0.25) is 0 Å². The predicted octanol–water partition coefficient (Wildman–Crippen LogP) is 12.7. The van der Waals surface area contributed by atoms with Gasteiger partial charge < -0.3 is 25.6 Å². The summed E-state index contributed by atoms with van der Waals surface area (Å²) in [5, 5.41) is 22.6. The Labute approximate surface area is 367 Å². The van der Waals surface area contributed by atoms with Crippen molar-refractivity contribution in [1.29, 1.82) is 0 Å². The molecule has 2 atom stereocenters. The molecule has 0 aromatic carbocycles. The van der Waals surface area contributed by atoms with Crippen LogP contribution >= 0.6 is 0 Å². The molecule has 0 heterocycles. The zero-order valence-corrected chi connectivity index (χ0v) is 38.5. The minimum absolute atomic E-state index is 0.0605. The number of esters is 1. The number of carboxylic acids is 1. The van der Waals surface area contributed by atoms with Gasteiger partial charge in [-0.1, -0.05) is 165 Å². The maximum Gasteiger partial charge on any atom is 0.328 e. The van der Waals surface area contributed by atoms with E-state index < -0.39 is 24.5 Å². The highest BCUT2D eigenvalue weighted by Crippen LogP contribution is 2.18. The van der Waals surface area contributed by atoms with Crippen molar-refractivity contribution in [3.63, 3.8) is 0 Å². The highest BCUT2D eigenvalue weighted by molar-refractivity contribution is 5.87. The molecule has 0 bridgehead atoms. The third-order valence-electron chi connectivity index (χ3n) is 10.8. The summed E-state index contributed by atoms with van der Waals surface area (Å²) in [5.74, 6) is -2.32. The number of aliphatic carboxylic acids is 1. The number of carbonyl (C=O) groups excluding carboxylic acids is 3. The number of allylic oxidation sites excluding steroid dienone is 8. The van der Waals surface area contributed by atoms with E-state index in [2.05, 4.69) is 73.1 Å². The van der Waals surface area contributed by atoms with Crippen molar-refractivity contribution < 1.29 is 34.1 Å². The first kappa shape index (κ1) is 56.8. The lowest BCUT2D eigenvalue weighted by atomic mass is 10.0. The molecule has 0 saturated heterocycles. The monoisotopic (exact) mass is 843 g/mol. The summed E-state index contributed by atoms with van der Waals surface area (Å²) in [5.41, 5.74) is 0. The average molecular weight is 843 g/mol. The standard InChI is InChI=1S/C51H90N2O7/c1-3-5-7-9-11-13-15-17-18-19-20-21-22-24-26-28-30-35-39-43-50(57)60-46(40-36-32-29-27-25-23-16-14-12-10-8-6-4-2)41-37-33-31-34-38-42-48(55)52-44-49(56)53-47(45-54)51(58)59/h11,13,16-18,23,27,29,46-47,54H,3-10,12,14-15,19-22,24-26,28,30-45H2,1-2H3,(H,52,55)(H,53,56)(H,58,59)/b13-11-,18-17-,23-16-,29-27-. The molecule has 4 N–H and O–H groups in total. The Morgan fingerprint density at radius 1 is 0.500 bits per heavy atom. The number of aliphatic hydroxyl groups excluding tert-OH is 1. The molecular formula is C51H90N2O7. The highest BCUT2D eigenvalue weighted by atomic mass is 16.5. The first-order valence-corrected chi connectivity index (χ1v) is 24.5. The minimum Gasteiger partial charge on any atom is -0.480 e. The number of aliphatic hydroxyl groups is 1. The fourth-order valence-corrected chi connectivity index (χ4v) is 7.02. The summed E-state index contributed by atoms with van der Waals surface area (Å²) in [6.45, 7) is 3.45. The SMILES string of the molecule is CCCCC/C=C\C/C=C\CCCCCCCCCCCC(=O)OC(CCC/C=C\C/C=C\CCCCCCC)CCCCCCCC(=O)NCC(=O)NC(CO)C(=O)O. The molecule has 2 amide bonds. The fraction of sp³-hybridized carbons (Fsp3) is 0.765. The van der Waals surface area contributed by atoms with E-state index in [1.807, 2.05) is 0 Å². The van der Waals surface area contributed by atoms with Crippen LogP contribution in [-0.2, 0) is 23.9 Å². The summed E-state index contributed by atoms with van der Waals surface area (Å²) in [6, 6.07) is -1.39. The Balaban J connectivity index is 4.34. The van der Waals surface area contributed by atoms with Gasteiger partial charge >= 0.3 is 11.9 Å². The molecule has 0 aliphatic heterocycles. The fourth-order valence-electron chi connectivity index (χ4n) is 7.02. The maximum absolute atomic E-state index is 12.8. The Morgan fingerprint density at radius 2 is 0.917 bits per heavy atom. The second-order valence-corrected chi connectivity index (χ2v) is 16.5. The van der Waals surface area contributed by atoms with Gasteiger partial charge in [0.05, 0.1) is 13.2 Å². The van der Waals surface area contributed by atoms with Gasteiger partial charge in [0.25, 0.3) is 0 Å². The summed E-state index contributed by atoms with van der Waals surface area (Å²) in [4.78, 5) is 47.7. The lowest BCUT2D eigenvalue weighted by molar-refractivity contribution is -0.150. The summed E-state index contributed by atoms with van der Waals surface area (Å²) in [7, 11) is 0. The van der Waals surface area contributed by atoms with E-state index in [0.717, 1.165) is 77.0 Å². The average Bonchev–Trinajstić information content (AvgIpc) is 3.23. The molecule has 0 aromatic rings. The van der Waals surface area contributed by atoms with Crippen LogP contribution in [0.1, 0.15) is 226 Å². The summed E-state index contributed by atoms with van der Waals surface area (Å²) >= 11 is 0. The van der Waals surface area contributed by atoms with Gasteiger partial charge in [0, 0.05) is 12.8 Å². The van der Waals surface area contributed by atoms with Crippen LogP contribution in [0.15, 0.2) is 48.6 Å². The number of ether oxygens (including phenoxy) is 1. The van der Waals surface area contributed by atoms with Crippen LogP contribution in [-0.4, -0.2) is 59.3 Å². The van der Waals surface area contributed by atoms with E-state index >= 15 is 0 Å². The second-order valence-electron chi connectivity index (χ2n) is 16.5. The number of carbonyl (C=O) groups is 4. The van der Waals surface area contributed by atoms with Gasteiger partial charge in [-0.2, -0.15) is 0 Å². The number of amides is 2. The van der Waals surface area contributed by atoms with Gasteiger partial charge in [0.15, 0.2) is 0 Å². The van der Waals surface area contributed by atoms with Crippen LogP contribution < -0.4 is 10.6 Å². The van der Waals surface area contributed by atoms with Crippen molar-refractivity contribution in [3.05, 3.63) is 48.6 Å². The molecule has 0 spiro atoms. The molecular weight excluding hydrogens is 753 g/mol. The lowest BCUT2D eigenvalue weighted by Gasteiger charge is -2.18. The van der Waals surface area contributed by atoms with Crippen molar-refractivity contribution >= 4 is 23.8 Å². The number of hydrogen-bond donors (Lipinski definition) is 4. The Hall–Kier alpha value is -3.20. The van der Waals surface area contributed by atoms with Gasteiger partial charge in [0.1, 0.15) is 12.1 Å². The first-order chi connectivity index (χ1) is 29.3. The zero-order chi connectivity index (χ0) is 44.0. The van der Waals surface area contributed by atoms with Crippen LogP contribution in [0.25, 0.3) is 0 Å². The molecule has 9 nitrogen and oxygen atoms in total. The van der Waals surface area contributed by atoms with Gasteiger partial charge in [-0.25, -0.2) is 4.79 Å². The van der Waals surface area contributed by atoms with Gasteiger partial charge in [-0.3, -0.25) is 14.4 Å². The highest BCUT2D eigenvalue weighted by Gasteiger charge is 2.19. The third kappa shape index (κ3) is 41.5. The Morgan fingerprint density at radius 3 is 1.43 bits per heavy atom. The van der Waals surface area contributed by atoms with Crippen LogP contribution in [0, 0.1) is 0 Å². The quantitative estimate of drug-likeness (QED) is 0.0272. The largest absolute Gasteiger partial charge is 0.480 e. The van der Waals surface area contributed by atoms with Crippen LogP contribution in [0.4, 0.5) is 0 Å². The molecule has 60 heavy (non-hydrogen) atoms. The topological polar surface area (TPSA) is 142 Å². The van der Waals surface area contributed by atoms with Crippen molar-refractivity contribution in [3.8, 4) is 0 Å². The summed E-state index contributed by atoms with van der Waals surface area (Å²) in [6.07, 6.45) is 54.3. The molecule has 0 radical (unpaired) electrons. The number of carboxylic acid groups (broad SMARTS) is 1. The van der Waals surface area contributed by atoms with Crippen molar-refractivity contribution in [2.45, 2.75) is 238 Å². The Kier molecular flexibility index (Phi) is 42.9. The molecule has 0 aromatic heterocycles. The van der Waals surface area contributed by atoms with E-state index in [4.69, 9.17) is 14.9 Å². The molecule has 0 aliphatic rings. The van der Waals surface area contributed by atoms with Crippen molar-refractivity contribution in [2.75, 3.05) is 13.2 Å². The van der Waals surface area contributed by atoms with Gasteiger partial charge in [-0.15, -0.1) is 0 Å². The molecule has 0 saturated carbocycles. The second kappa shape index (κ2) is 45.3. The molecule has 346 valence electrons. The zero-order valence-electron chi connectivity index (χ0n) is 38.5. The summed E-state index contributed by atoms with van der Waals surface area (Å²) < 4.78 is 6.03. The normalized spacial score (nSPS) is 12.8. The van der Waals surface area contributed by atoms with Crippen molar-refractivity contribution in [1.82, 2.24) is 10.6 Å². The van der Waals surface area contributed by atoms with E-state index in [1.54, 1.807) is 0 Å². The molecule has 2 unspecified atom stereocenters. The van der Waals surface area contributed by atoms with Crippen molar-refractivity contribution in [2.24, 2.45) is 0 Å². The molecule has 0 fully saturated rings. The third-order valence-corrected chi connectivity index (χ3v) is 10.8. The van der Waals surface area contributed by atoms with Gasteiger partial charge in [0.2, 0.25) is 11.8 Å². The Bertz CT molecular complexity index is 1150. The molecule has 0 aliphatic carbocycles. The van der Waals surface area contributed by atoms with E-state index in [-0.39, 0.29) is 30.9 Å². The smallest absolute Gasteiger partial charge is 0.328 e. The van der Waals surface area contributed by atoms with E-state index in [9.17, 15) is 19.2 Å². The number of rotatable bonds is 44. The predicted molar refractivity (Wildman–Crippen MR) is 250 cm³/mol. The molecule has 9 heteroatoms. The number of unbranched alkanes of at least 4 members (excludes halogenated alkanes) is 22. The minimum atomic E-state index is -1.39. The van der Waals surface area contributed by atoms with Gasteiger partial charge in [-0.05, 0) is 96.3 Å². The maximum atomic E-state index is 12.8. The van der Waals surface area contributed by atoms with E-state index in [0.29, 0.717) is 12.8 Å². The number of nitrogens with one attached hydrogen (secondary N) is 2. The molecule has 0 rings (SSSR count). The number of hydrogen-bond acceptors (Lipinski definition) is 6. The van der Waals surface area contributed by atoms with Crippen LogP contribution in [0.5, 0.6) is 0 Å².